The van der Waals surface area contributed by atoms with Gasteiger partial charge >= 0.3 is 0 Å². The van der Waals surface area contributed by atoms with E-state index in [4.69, 9.17) is 0 Å². The third-order valence-corrected chi connectivity index (χ3v) is 4.87. The van der Waals surface area contributed by atoms with Gasteiger partial charge in [-0.3, -0.25) is 4.98 Å². The Hall–Kier alpha value is -0.930. The van der Waals surface area contributed by atoms with Gasteiger partial charge in [-0.25, -0.2) is 0 Å². The molecule has 0 aliphatic heterocycles. The molecule has 1 fully saturated rings. The summed E-state index contributed by atoms with van der Waals surface area (Å²) in [6.45, 7) is 2.37. The molecule has 19 heavy (non-hydrogen) atoms. The normalized spacial score (nSPS) is 29.4. The summed E-state index contributed by atoms with van der Waals surface area (Å²) in [4.78, 5) is 6.72. The Balaban J connectivity index is 2.31. The molecule has 0 radical (unpaired) electrons. The Morgan fingerprint density at radius 2 is 2.05 bits per heavy atom. The maximum Gasteiger partial charge on any atom is 0.0519 e. The van der Waals surface area contributed by atoms with Gasteiger partial charge in [-0.15, -0.1) is 0 Å². The van der Waals surface area contributed by atoms with Gasteiger partial charge in [0.1, 0.15) is 0 Å². The van der Waals surface area contributed by atoms with Gasteiger partial charge in [-0.05, 0) is 64.4 Å². The molecule has 1 aromatic rings. The van der Waals surface area contributed by atoms with Crippen LogP contribution in [0.4, 0.5) is 0 Å². The minimum absolute atomic E-state index is 0.213. The van der Waals surface area contributed by atoms with Crippen LogP contribution < -0.4 is 5.32 Å². The SMILES string of the molecule is CNC(c1cccnc1)C1(N(C)C)CCC(C)CC1. The zero-order chi connectivity index (χ0) is 13.9. The highest BCUT2D eigenvalue weighted by Crippen LogP contribution is 2.43. The molecule has 0 aromatic carbocycles. The molecule has 1 aliphatic rings. The quantitative estimate of drug-likeness (QED) is 0.903. The number of hydrogen-bond donors (Lipinski definition) is 1. The highest BCUT2D eigenvalue weighted by atomic mass is 15.2. The predicted molar refractivity (Wildman–Crippen MR) is 80.1 cm³/mol. The number of likely N-dealkylation sites (N-methyl/N-ethyl adjacent to an activating group) is 2. The predicted octanol–water partition coefficient (Wildman–Crippen LogP) is 2.85. The van der Waals surface area contributed by atoms with Crippen molar-refractivity contribution in [3.05, 3.63) is 30.1 Å². The van der Waals surface area contributed by atoms with Gasteiger partial charge in [-0.1, -0.05) is 13.0 Å². The van der Waals surface area contributed by atoms with Gasteiger partial charge in [0.25, 0.3) is 0 Å². The molecule has 0 bridgehead atoms. The molecular weight excluding hydrogens is 234 g/mol. The van der Waals surface area contributed by atoms with Crippen LogP contribution in [-0.2, 0) is 0 Å². The Labute approximate surface area is 117 Å². The van der Waals surface area contributed by atoms with Crippen LogP contribution in [0.5, 0.6) is 0 Å². The molecule has 1 aromatic heterocycles. The monoisotopic (exact) mass is 261 g/mol. The first-order valence-electron chi connectivity index (χ1n) is 7.35. The van der Waals surface area contributed by atoms with E-state index in [1.54, 1.807) is 0 Å². The summed E-state index contributed by atoms with van der Waals surface area (Å²) >= 11 is 0. The van der Waals surface area contributed by atoms with E-state index in [0.29, 0.717) is 6.04 Å². The number of rotatable bonds is 4. The van der Waals surface area contributed by atoms with E-state index < -0.39 is 0 Å². The van der Waals surface area contributed by atoms with Crippen molar-refractivity contribution in [2.75, 3.05) is 21.1 Å². The molecule has 1 unspecified atom stereocenters. The Morgan fingerprint density at radius 3 is 2.53 bits per heavy atom. The smallest absolute Gasteiger partial charge is 0.0519 e. The van der Waals surface area contributed by atoms with Crippen molar-refractivity contribution in [2.45, 2.75) is 44.2 Å². The highest BCUT2D eigenvalue weighted by molar-refractivity contribution is 5.20. The zero-order valence-electron chi connectivity index (χ0n) is 12.7. The average Bonchev–Trinajstić information content (AvgIpc) is 2.43. The Kier molecular flexibility index (Phi) is 4.58. The number of nitrogens with one attached hydrogen (secondary N) is 1. The third kappa shape index (κ3) is 2.82. The van der Waals surface area contributed by atoms with Crippen molar-refractivity contribution >= 4 is 0 Å². The largest absolute Gasteiger partial charge is 0.311 e. The van der Waals surface area contributed by atoms with Crippen molar-refractivity contribution in [2.24, 2.45) is 5.92 Å². The summed E-state index contributed by atoms with van der Waals surface area (Å²) < 4.78 is 0. The average molecular weight is 261 g/mol. The molecule has 1 heterocycles. The topological polar surface area (TPSA) is 28.2 Å². The van der Waals surface area contributed by atoms with Gasteiger partial charge in [-0.2, -0.15) is 0 Å². The number of aromatic nitrogens is 1. The van der Waals surface area contributed by atoms with E-state index in [9.17, 15) is 0 Å². The standard InChI is InChI=1S/C16H27N3/c1-13-7-9-16(10-8-13,19(3)4)15(17-2)14-6-5-11-18-12-14/h5-6,11-13,15,17H,7-10H2,1-4H3. The molecule has 3 heteroatoms. The maximum absolute atomic E-state index is 4.30. The lowest BCUT2D eigenvalue weighted by Crippen LogP contribution is -2.55. The van der Waals surface area contributed by atoms with Crippen LogP contribution in [0, 0.1) is 5.92 Å². The Bertz CT molecular complexity index is 380. The van der Waals surface area contributed by atoms with E-state index in [1.165, 1.54) is 31.2 Å². The lowest BCUT2D eigenvalue weighted by atomic mass is 9.70. The molecule has 0 spiro atoms. The summed E-state index contributed by atoms with van der Waals surface area (Å²) in [6.07, 6.45) is 8.99. The number of pyridine rings is 1. The fourth-order valence-electron chi connectivity index (χ4n) is 3.55. The minimum Gasteiger partial charge on any atom is -0.311 e. The fourth-order valence-corrected chi connectivity index (χ4v) is 3.55. The first-order chi connectivity index (χ1) is 9.10. The van der Waals surface area contributed by atoms with Crippen LogP contribution in [0.25, 0.3) is 0 Å². The second-order valence-corrected chi connectivity index (χ2v) is 6.19. The van der Waals surface area contributed by atoms with Crippen LogP contribution in [0.2, 0.25) is 0 Å². The van der Waals surface area contributed by atoms with Crippen molar-refractivity contribution in [1.29, 1.82) is 0 Å². The van der Waals surface area contributed by atoms with E-state index in [1.807, 2.05) is 18.5 Å². The van der Waals surface area contributed by atoms with Crippen LogP contribution >= 0.6 is 0 Å². The molecule has 0 saturated heterocycles. The van der Waals surface area contributed by atoms with Crippen molar-refractivity contribution in [1.82, 2.24) is 15.2 Å². The molecule has 2 rings (SSSR count). The van der Waals surface area contributed by atoms with Gasteiger partial charge in [0.15, 0.2) is 0 Å². The second-order valence-electron chi connectivity index (χ2n) is 6.19. The van der Waals surface area contributed by atoms with E-state index in [0.717, 1.165) is 5.92 Å². The second kappa shape index (κ2) is 6.02. The summed E-state index contributed by atoms with van der Waals surface area (Å²) in [5.41, 5.74) is 1.51. The summed E-state index contributed by atoms with van der Waals surface area (Å²) in [6, 6.07) is 4.58. The molecule has 0 amide bonds. The van der Waals surface area contributed by atoms with Crippen LogP contribution in [-0.4, -0.2) is 36.6 Å². The van der Waals surface area contributed by atoms with Crippen LogP contribution in [0.3, 0.4) is 0 Å². The van der Waals surface area contributed by atoms with E-state index in [2.05, 4.69) is 49.3 Å². The first kappa shape index (κ1) is 14.5. The van der Waals surface area contributed by atoms with Gasteiger partial charge in [0, 0.05) is 17.9 Å². The number of hydrogen-bond acceptors (Lipinski definition) is 3. The van der Waals surface area contributed by atoms with Crippen LogP contribution in [0.15, 0.2) is 24.5 Å². The molecule has 106 valence electrons. The molecular formula is C16H27N3. The minimum atomic E-state index is 0.213. The van der Waals surface area contributed by atoms with Gasteiger partial charge in [0.2, 0.25) is 0 Å². The maximum atomic E-state index is 4.30. The van der Waals surface area contributed by atoms with E-state index in [-0.39, 0.29) is 5.54 Å². The lowest BCUT2D eigenvalue weighted by molar-refractivity contribution is 0.0454. The lowest BCUT2D eigenvalue weighted by Gasteiger charge is -2.49. The van der Waals surface area contributed by atoms with Crippen molar-refractivity contribution in [3.8, 4) is 0 Å². The first-order valence-corrected chi connectivity index (χ1v) is 7.35. The van der Waals surface area contributed by atoms with E-state index >= 15 is 0 Å². The third-order valence-electron chi connectivity index (χ3n) is 4.87. The zero-order valence-corrected chi connectivity index (χ0v) is 12.7. The fraction of sp³-hybridized carbons (Fsp3) is 0.688. The van der Waals surface area contributed by atoms with Crippen molar-refractivity contribution in [3.63, 3.8) is 0 Å². The van der Waals surface area contributed by atoms with Crippen LogP contribution in [0.1, 0.15) is 44.2 Å². The summed E-state index contributed by atoms with van der Waals surface area (Å²) in [7, 11) is 6.51. The molecule has 1 saturated carbocycles. The summed E-state index contributed by atoms with van der Waals surface area (Å²) in [5, 5.41) is 3.54. The van der Waals surface area contributed by atoms with Gasteiger partial charge < -0.3 is 10.2 Å². The molecule has 1 aliphatic carbocycles. The molecule has 3 nitrogen and oxygen atoms in total. The highest BCUT2D eigenvalue weighted by Gasteiger charge is 2.43. The van der Waals surface area contributed by atoms with Crippen molar-refractivity contribution < 1.29 is 0 Å². The number of nitrogens with zero attached hydrogens (tertiary/aromatic N) is 2. The summed E-state index contributed by atoms with van der Waals surface area (Å²) in [5.74, 6) is 0.861. The molecule has 1 atom stereocenters. The Morgan fingerprint density at radius 1 is 1.37 bits per heavy atom. The molecule has 1 N–H and O–H groups in total. The van der Waals surface area contributed by atoms with Gasteiger partial charge in [0.05, 0.1) is 6.04 Å².